The minimum absolute atomic E-state index is 0.103. The number of likely N-dealkylation sites (N-methyl/N-ethyl adjacent to an activating group) is 1. The van der Waals surface area contributed by atoms with Crippen LogP contribution in [-0.2, 0) is 0 Å². The molecule has 2 aliphatic rings. The third-order valence-electron chi connectivity index (χ3n) is 5.06. The van der Waals surface area contributed by atoms with E-state index in [1.165, 1.54) is 12.8 Å². The molecule has 4 rings (SSSR count). The van der Waals surface area contributed by atoms with E-state index in [4.69, 9.17) is 5.73 Å². The molecular weight excluding hydrogens is 344 g/mol. The number of hydrogen-bond acceptors (Lipinski definition) is 4. The number of primary amides is 1. The fraction of sp³-hybridized carbons (Fsp3) is 0.350. The Bertz CT molecular complexity index is 816. The van der Waals surface area contributed by atoms with Gasteiger partial charge in [-0.15, -0.1) is 11.3 Å². The molecule has 0 spiro atoms. The number of nitrogens with two attached hydrogens (primary N) is 1. The minimum atomic E-state index is -0.445. The van der Waals surface area contributed by atoms with Gasteiger partial charge >= 0.3 is 6.03 Å². The minimum Gasteiger partial charge on any atom is -0.351 e. The van der Waals surface area contributed by atoms with Crippen molar-refractivity contribution in [2.75, 3.05) is 25.0 Å². The number of piperidine rings is 1. The van der Waals surface area contributed by atoms with E-state index in [1.807, 2.05) is 24.3 Å². The van der Waals surface area contributed by atoms with Crippen LogP contribution in [0.1, 0.15) is 24.4 Å². The summed E-state index contributed by atoms with van der Waals surface area (Å²) in [6.07, 6.45) is 6.24. The van der Waals surface area contributed by atoms with E-state index in [1.54, 1.807) is 22.4 Å². The molecule has 2 aromatic rings. The van der Waals surface area contributed by atoms with E-state index in [9.17, 15) is 4.79 Å². The van der Waals surface area contributed by atoms with Crippen LogP contribution in [0.5, 0.6) is 0 Å². The predicted molar refractivity (Wildman–Crippen MR) is 107 cm³/mol. The van der Waals surface area contributed by atoms with Crippen molar-refractivity contribution in [2.24, 2.45) is 5.73 Å². The maximum Gasteiger partial charge on any atom is 0.324 e. The summed E-state index contributed by atoms with van der Waals surface area (Å²) in [5.41, 5.74) is 7.88. The van der Waals surface area contributed by atoms with Crippen LogP contribution in [0.15, 0.2) is 48.7 Å². The number of urea groups is 1. The Morgan fingerprint density at radius 3 is 2.85 bits per heavy atom. The molecule has 6 heteroatoms. The van der Waals surface area contributed by atoms with Crippen LogP contribution in [0.3, 0.4) is 0 Å². The first-order chi connectivity index (χ1) is 12.6. The average molecular weight is 369 g/mol. The Morgan fingerprint density at radius 2 is 2.12 bits per heavy atom. The monoisotopic (exact) mass is 368 g/mol. The molecule has 3 N–H and O–H groups in total. The van der Waals surface area contributed by atoms with Gasteiger partial charge in [0.15, 0.2) is 0 Å². The van der Waals surface area contributed by atoms with Crippen molar-refractivity contribution in [2.45, 2.75) is 24.9 Å². The van der Waals surface area contributed by atoms with Gasteiger partial charge < -0.3 is 16.0 Å². The largest absolute Gasteiger partial charge is 0.351 e. The maximum absolute atomic E-state index is 11.9. The SMILES string of the molecule is CN1CCC[C@H](NC2C=CN(C(N)=O)c3sc(-c4ccccc4)cc32)C1. The number of amides is 2. The van der Waals surface area contributed by atoms with Crippen molar-refractivity contribution in [3.8, 4) is 10.4 Å². The van der Waals surface area contributed by atoms with Crippen molar-refractivity contribution in [1.29, 1.82) is 0 Å². The highest BCUT2D eigenvalue weighted by atomic mass is 32.1. The number of hydrogen-bond donors (Lipinski definition) is 2. The van der Waals surface area contributed by atoms with E-state index in [-0.39, 0.29) is 6.04 Å². The molecule has 1 aromatic carbocycles. The van der Waals surface area contributed by atoms with Crippen molar-refractivity contribution < 1.29 is 4.79 Å². The molecule has 1 unspecified atom stereocenters. The van der Waals surface area contributed by atoms with Crippen LogP contribution >= 0.6 is 11.3 Å². The summed E-state index contributed by atoms with van der Waals surface area (Å²) in [4.78, 5) is 17.0. The quantitative estimate of drug-likeness (QED) is 0.871. The predicted octanol–water partition coefficient (Wildman–Crippen LogP) is 3.55. The van der Waals surface area contributed by atoms with Crippen LogP contribution < -0.4 is 16.0 Å². The second-order valence-corrected chi connectivity index (χ2v) is 8.06. The third kappa shape index (κ3) is 3.40. The van der Waals surface area contributed by atoms with Crippen molar-refractivity contribution in [3.05, 3.63) is 54.2 Å². The first-order valence-electron chi connectivity index (χ1n) is 9.02. The second-order valence-electron chi connectivity index (χ2n) is 7.03. The van der Waals surface area contributed by atoms with E-state index in [0.29, 0.717) is 6.04 Å². The molecule has 26 heavy (non-hydrogen) atoms. The number of rotatable bonds is 3. The van der Waals surface area contributed by atoms with Gasteiger partial charge in [-0.25, -0.2) is 4.79 Å². The van der Waals surface area contributed by atoms with Gasteiger partial charge in [-0.1, -0.05) is 30.3 Å². The molecule has 0 bridgehead atoms. The molecule has 3 heterocycles. The summed E-state index contributed by atoms with van der Waals surface area (Å²) in [5.74, 6) is 0. The average Bonchev–Trinajstić information content (AvgIpc) is 3.08. The molecule has 136 valence electrons. The van der Waals surface area contributed by atoms with Gasteiger partial charge in [-0.3, -0.25) is 4.90 Å². The van der Waals surface area contributed by atoms with E-state index >= 15 is 0 Å². The molecule has 2 aliphatic heterocycles. The molecule has 1 saturated heterocycles. The summed E-state index contributed by atoms with van der Waals surface area (Å²) in [6.45, 7) is 2.21. The number of fused-ring (bicyclic) bond motifs is 1. The first kappa shape index (κ1) is 17.3. The lowest BCUT2D eigenvalue weighted by molar-refractivity contribution is 0.221. The van der Waals surface area contributed by atoms with Crippen molar-refractivity contribution in [3.63, 3.8) is 0 Å². The summed E-state index contributed by atoms with van der Waals surface area (Å²) in [5, 5.41) is 4.69. The highest BCUT2D eigenvalue weighted by molar-refractivity contribution is 7.19. The van der Waals surface area contributed by atoms with Crippen LogP contribution in [-0.4, -0.2) is 37.1 Å². The Morgan fingerprint density at radius 1 is 1.31 bits per heavy atom. The lowest BCUT2D eigenvalue weighted by atomic mass is 10.0. The van der Waals surface area contributed by atoms with Gasteiger partial charge in [0.2, 0.25) is 0 Å². The summed E-state index contributed by atoms with van der Waals surface area (Å²) >= 11 is 1.61. The lowest BCUT2D eigenvalue weighted by Gasteiger charge is -2.34. The van der Waals surface area contributed by atoms with Gasteiger partial charge in [0.1, 0.15) is 5.00 Å². The topological polar surface area (TPSA) is 61.6 Å². The molecule has 1 aromatic heterocycles. The van der Waals surface area contributed by atoms with E-state index in [2.05, 4.69) is 35.5 Å². The molecule has 1 fully saturated rings. The van der Waals surface area contributed by atoms with Crippen LogP contribution in [0.2, 0.25) is 0 Å². The highest BCUT2D eigenvalue weighted by Gasteiger charge is 2.29. The Hall–Kier alpha value is -2.15. The Kier molecular flexibility index (Phi) is 4.80. The fourth-order valence-electron chi connectivity index (χ4n) is 3.77. The van der Waals surface area contributed by atoms with Gasteiger partial charge in [-0.05, 0) is 44.1 Å². The van der Waals surface area contributed by atoms with Gasteiger partial charge in [-0.2, -0.15) is 0 Å². The molecule has 0 aliphatic carbocycles. The highest BCUT2D eigenvalue weighted by Crippen LogP contribution is 2.43. The molecular formula is C20H24N4OS. The fourth-order valence-corrected chi connectivity index (χ4v) is 4.97. The molecule has 2 amide bonds. The van der Waals surface area contributed by atoms with E-state index in [0.717, 1.165) is 34.1 Å². The molecule has 0 radical (unpaired) electrons. The zero-order valence-electron chi connectivity index (χ0n) is 14.9. The van der Waals surface area contributed by atoms with Crippen LogP contribution in [0, 0.1) is 0 Å². The Labute approximate surface area is 158 Å². The number of nitrogens with zero attached hydrogens (tertiary/aromatic N) is 2. The number of carbonyl (C=O) groups excluding carboxylic acids is 1. The number of carbonyl (C=O) groups is 1. The van der Waals surface area contributed by atoms with Crippen molar-refractivity contribution >= 4 is 22.4 Å². The lowest BCUT2D eigenvalue weighted by Crippen LogP contribution is -2.45. The van der Waals surface area contributed by atoms with Gasteiger partial charge in [0, 0.05) is 29.2 Å². The number of benzene rings is 1. The Balaban J connectivity index is 1.65. The van der Waals surface area contributed by atoms with Crippen LogP contribution in [0.25, 0.3) is 10.4 Å². The van der Waals surface area contributed by atoms with Crippen molar-refractivity contribution in [1.82, 2.24) is 10.2 Å². The third-order valence-corrected chi connectivity index (χ3v) is 6.26. The number of nitrogens with one attached hydrogen (secondary N) is 1. The maximum atomic E-state index is 11.9. The zero-order chi connectivity index (χ0) is 18.1. The van der Waals surface area contributed by atoms with Gasteiger partial charge in [0.25, 0.3) is 0 Å². The molecule has 0 saturated carbocycles. The summed E-state index contributed by atoms with van der Waals surface area (Å²) in [7, 11) is 2.17. The standard InChI is InChI=1S/C20H24N4OS/c1-23-10-5-8-15(13-23)22-17-9-11-24(20(21)25)19-16(17)12-18(26-19)14-6-3-2-4-7-14/h2-4,6-7,9,11-12,15,17,22H,5,8,10,13H2,1H3,(H2,21,25)/t15-,17?/m0/s1. The second kappa shape index (κ2) is 7.23. The smallest absolute Gasteiger partial charge is 0.324 e. The first-order valence-corrected chi connectivity index (χ1v) is 9.84. The summed E-state index contributed by atoms with van der Waals surface area (Å²) in [6, 6.07) is 12.6. The number of likely N-dealkylation sites (tertiary alicyclic amines) is 1. The summed E-state index contributed by atoms with van der Waals surface area (Å²) < 4.78 is 0. The van der Waals surface area contributed by atoms with Crippen LogP contribution in [0.4, 0.5) is 9.80 Å². The molecule has 5 nitrogen and oxygen atoms in total. The number of anilines is 1. The van der Waals surface area contributed by atoms with E-state index < -0.39 is 6.03 Å². The van der Waals surface area contributed by atoms with Gasteiger partial charge in [0.05, 0.1) is 6.04 Å². The molecule has 2 atom stereocenters. The number of thiophene rings is 1. The normalized spacial score (nSPS) is 23.0. The zero-order valence-corrected chi connectivity index (χ0v) is 15.7.